The highest BCUT2D eigenvalue weighted by Crippen LogP contribution is 2.50. The van der Waals surface area contributed by atoms with E-state index < -0.39 is 12.1 Å². The van der Waals surface area contributed by atoms with Gasteiger partial charge in [-0.1, -0.05) is 43.4 Å². The molecule has 41 heavy (non-hydrogen) atoms. The zero-order valence-corrected chi connectivity index (χ0v) is 23.3. The van der Waals surface area contributed by atoms with E-state index in [1.54, 1.807) is 19.1 Å². The number of hydrogen-bond acceptors (Lipinski definition) is 9. The Hall–Kier alpha value is -4.34. The van der Waals surface area contributed by atoms with E-state index in [9.17, 15) is 20.0 Å². The summed E-state index contributed by atoms with van der Waals surface area (Å²) in [6.45, 7) is 11.7. The van der Waals surface area contributed by atoms with Gasteiger partial charge in [-0.3, -0.25) is 10.0 Å². The monoisotopic (exact) mass is 558 g/mol. The Kier molecular flexibility index (Phi) is 7.50. The van der Waals surface area contributed by atoms with Gasteiger partial charge in [-0.25, -0.2) is 4.79 Å². The van der Waals surface area contributed by atoms with Crippen molar-refractivity contribution < 1.29 is 33.7 Å². The van der Waals surface area contributed by atoms with Crippen molar-refractivity contribution in [1.29, 1.82) is 0 Å². The van der Waals surface area contributed by atoms with Gasteiger partial charge in [0.2, 0.25) is 6.79 Å². The first kappa shape index (κ1) is 28.2. The number of allylic oxidation sites excluding steroid dienone is 3. The summed E-state index contributed by atoms with van der Waals surface area (Å²) in [6, 6.07) is 8.24. The smallest absolute Gasteiger partial charge is 0.339 e. The van der Waals surface area contributed by atoms with Crippen LogP contribution in [0.3, 0.4) is 0 Å². The summed E-state index contributed by atoms with van der Waals surface area (Å²) in [7, 11) is 1.50. The second-order valence-electron chi connectivity index (χ2n) is 10.7. The number of carbonyl (C=O) groups excluding carboxylic acids is 2. The molecule has 0 radical (unpaired) electrons. The van der Waals surface area contributed by atoms with Crippen molar-refractivity contribution in [2.45, 2.75) is 39.2 Å². The molecule has 2 aliphatic rings. The number of hydrogen-bond donors (Lipinski definition) is 1. The SMILES string of the molecule is C=C[C@@]1(C)CCC=C(C[C@@H](C)OC(=O)c2cc3c(c4c2c(N([O-])O)cc2c(OC)cccc24)OCO3)[C@H]1C(=C)C=O. The van der Waals surface area contributed by atoms with E-state index in [4.69, 9.17) is 18.9 Å². The highest BCUT2D eigenvalue weighted by molar-refractivity contribution is 6.23. The van der Waals surface area contributed by atoms with Crippen LogP contribution in [0.15, 0.2) is 66.8 Å². The van der Waals surface area contributed by atoms with Crippen LogP contribution in [0.1, 0.15) is 43.5 Å². The van der Waals surface area contributed by atoms with Gasteiger partial charge in [-0.15, -0.1) is 6.58 Å². The van der Waals surface area contributed by atoms with E-state index in [0.29, 0.717) is 45.4 Å². The predicted octanol–water partition coefficient (Wildman–Crippen LogP) is 6.64. The molecule has 0 spiro atoms. The highest BCUT2D eigenvalue weighted by Gasteiger charge is 2.38. The summed E-state index contributed by atoms with van der Waals surface area (Å²) in [5.74, 6) is 0.168. The van der Waals surface area contributed by atoms with E-state index in [-0.39, 0.29) is 40.0 Å². The lowest BCUT2D eigenvalue weighted by atomic mass is 9.64. The molecule has 9 heteroatoms. The van der Waals surface area contributed by atoms with Crippen LogP contribution in [0, 0.1) is 16.5 Å². The topological polar surface area (TPSA) is 118 Å². The molecule has 3 aromatic rings. The number of methoxy groups -OCH3 is 1. The molecule has 9 nitrogen and oxygen atoms in total. The van der Waals surface area contributed by atoms with Crippen LogP contribution >= 0.6 is 0 Å². The Morgan fingerprint density at radius 3 is 2.76 bits per heavy atom. The normalized spacial score (nSPS) is 20.3. The summed E-state index contributed by atoms with van der Waals surface area (Å²) in [4.78, 5) is 25.5. The lowest BCUT2D eigenvalue weighted by molar-refractivity contribution is -0.105. The quantitative estimate of drug-likeness (QED) is 0.0770. The van der Waals surface area contributed by atoms with Gasteiger partial charge in [-0.2, -0.15) is 0 Å². The van der Waals surface area contributed by atoms with Crippen LogP contribution in [0.5, 0.6) is 17.2 Å². The van der Waals surface area contributed by atoms with Gasteiger partial charge in [0.15, 0.2) is 11.5 Å². The lowest BCUT2D eigenvalue weighted by Crippen LogP contribution is -2.33. The largest absolute Gasteiger partial charge is 0.733 e. The van der Waals surface area contributed by atoms with Crippen molar-refractivity contribution in [3.8, 4) is 17.2 Å². The van der Waals surface area contributed by atoms with E-state index in [1.807, 2.05) is 19.1 Å². The second-order valence-corrected chi connectivity index (χ2v) is 10.7. The van der Waals surface area contributed by atoms with Gasteiger partial charge in [0.05, 0.1) is 18.4 Å². The molecular weight excluding hydrogens is 526 g/mol. The van der Waals surface area contributed by atoms with Gasteiger partial charge in [-0.05, 0) is 54.3 Å². The first-order valence-corrected chi connectivity index (χ1v) is 13.3. The number of fused-ring (bicyclic) bond motifs is 5. The minimum atomic E-state index is -0.709. The number of benzene rings is 3. The molecule has 0 saturated carbocycles. The average molecular weight is 559 g/mol. The van der Waals surface area contributed by atoms with Crippen LogP contribution in [0.2, 0.25) is 0 Å². The minimum absolute atomic E-state index is 0.0353. The van der Waals surface area contributed by atoms with Crippen LogP contribution in [0.4, 0.5) is 5.69 Å². The van der Waals surface area contributed by atoms with Crippen molar-refractivity contribution in [3.05, 3.63) is 77.6 Å². The van der Waals surface area contributed by atoms with Crippen molar-refractivity contribution in [3.63, 3.8) is 0 Å². The summed E-state index contributed by atoms with van der Waals surface area (Å²) >= 11 is 0. The van der Waals surface area contributed by atoms with Gasteiger partial charge >= 0.3 is 5.97 Å². The zero-order chi connectivity index (χ0) is 29.5. The molecule has 1 aliphatic heterocycles. The molecule has 0 aromatic heterocycles. The number of esters is 1. The molecule has 3 atom stereocenters. The number of carbonyl (C=O) groups is 2. The van der Waals surface area contributed by atoms with Crippen molar-refractivity contribution in [2.75, 3.05) is 19.1 Å². The van der Waals surface area contributed by atoms with E-state index in [0.717, 1.165) is 24.7 Å². The molecule has 1 N–H and O–H groups in total. The molecule has 0 unspecified atom stereocenters. The Morgan fingerprint density at radius 2 is 2.07 bits per heavy atom. The van der Waals surface area contributed by atoms with Crippen molar-refractivity contribution in [1.82, 2.24) is 0 Å². The maximum atomic E-state index is 13.7. The first-order valence-electron chi connectivity index (χ1n) is 13.3. The molecule has 1 aliphatic carbocycles. The zero-order valence-electron chi connectivity index (χ0n) is 23.3. The number of aldehydes is 1. The molecule has 0 saturated heterocycles. The van der Waals surface area contributed by atoms with Gasteiger partial charge < -0.3 is 29.4 Å². The maximum absolute atomic E-state index is 13.7. The standard InChI is InChI=1S/C32H32NO8/c1-6-32(4)12-8-9-20(29(32)18(2)16-34)13-19(3)41-31(35)23-15-26-30(40-17-39-26)28-21-10-7-11-25(38-5)22(21)14-24(27(23)28)33(36)37/h6-7,9-11,14-16,19,29,36H,1-2,8,12-13,17H2,3-5H3/q-1/t19-,29-,32+/m1/s1. The Morgan fingerprint density at radius 1 is 1.29 bits per heavy atom. The van der Waals surface area contributed by atoms with Gasteiger partial charge in [0.1, 0.15) is 18.1 Å². The second kappa shape index (κ2) is 10.9. The Bertz CT molecular complexity index is 1610. The molecule has 3 aromatic carbocycles. The number of ether oxygens (including phenoxy) is 4. The molecular formula is C32H32NO8-. The molecule has 1 heterocycles. The molecule has 214 valence electrons. The molecule has 0 amide bonds. The van der Waals surface area contributed by atoms with Crippen molar-refractivity contribution >= 4 is 39.5 Å². The highest BCUT2D eigenvalue weighted by atomic mass is 16.8. The summed E-state index contributed by atoms with van der Waals surface area (Å²) in [5.41, 5.74) is 0.910. The van der Waals surface area contributed by atoms with E-state index >= 15 is 0 Å². The third kappa shape index (κ3) is 4.81. The summed E-state index contributed by atoms with van der Waals surface area (Å²) in [6.07, 6.45) is 6.10. The summed E-state index contributed by atoms with van der Waals surface area (Å²) in [5, 5.41) is 24.0. The molecule has 5 rings (SSSR count). The summed E-state index contributed by atoms with van der Waals surface area (Å²) < 4.78 is 22.8. The van der Waals surface area contributed by atoms with Crippen LogP contribution in [0.25, 0.3) is 21.5 Å². The van der Waals surface area contributed by atoms with Crippen molar-refractivity contribution in [2.24, 2.45) is 11.3 Å². The third-order valence-electron chi connectivity index (χ3n) is 8.12. The van der Waals surface area contributed by atoms with E-state index in [2.05, 4.69) is 19.2 Å². The number of rotatable bonds is 9. The predicted molar refractivity (Wildman–Crippen MR) is 156 cm³/mol. The van der Waals surface area contributed by atoms with Crippen LogP contribution in [-0.4, -0.2) is 37.5 Å². The van der Waals surface area contributed by atoms with Gasteiger partial charge in [0, 0.05) is 28.5 Å². The minimum Gasteiger partial charge on any atom is -0.733 e. The first-order chi connectivity index (χ1) is 19.6. The van der Waals surface area contributed by atoms with Gasteiger partial charge in [0.25, 0.3) is 0 Å². The molecule has 0 bridgehead atoms. The fourth-order valence-electron chi connectivity index (χ4n) is 6.20. The number of nitrogens with zero attached hydrogens (tertiary/aromatic N) is 1. The molecule has 0 fully saturated rings. The lowest BCUT2D eigenvalue weighted by Gasteiger charge is -2.40. The van der Waals surface area contributed by atoms with Crippen LogP contribution in [-0.2, 0) is 9.53 Å². The maximum Gasteiger partial charge on any atom is 0.339 e. The fourth-order valence-corrected chi connectivity index (χ4v) is 6.20. The van der Waals surface area contributed by atoms with Crippen LogP contribution < -0.4 is 19.4 Å². The Labute approximate surface area is 237 Å². The Balaban J connectivity index is 1.57. The average Bonchev–Trinajstić information content (AvgIpc) is 3.44. The third-order valence-corrected chi connectivity index (χ3v) is 8.12. The van der Waals surface area contributed by atoms with E-state index in [1.165, 1.54) is 19.2 Å². The number of anilines is 1. The fraction of sp³-hybridized carbons (Fsp3) is 0.312.